The SMILES string of the molecule is CC(C)(C)C(=O)NCC(=O)Nc1ccc(Oc2ccccc2C(F)(F)F)cc1. The minimum Gasteiger partial charge on any atom is -0.457 e. The van der Waals surface area contributed by atoms with Crippen LogP contribution >= 0.6 is 0 Å². The number of hydrogen-bond acceptors (Lipinski definition) is 3. The smallest absolute Gasteiger partial charge is 0.419 e. The number of alkyl halides is 3. The molecule has 2 aromatic carbocycles. The Hall–Kier alpha value is -3.03. The fraction of sp³-hybridized carbons (Fsp3) is 0.300. The predicted octanol–water partition coefficient (Wildman–Crippen LogP) is 4.60. The molecule has 0 atom stereocenters. The molecule has 0 aliphatic carbocycles. The first-order valence-electron chi connectivity index (χ1n) is 8.49. The molecule has 150 valence electrons. The zero-order chi connectivity index (χ0) is 20.9. The van der Waals surface area contributed by atoms with Crippen LogP contribution in [0.1, 0.15) is 26.3 Å². The number of rotatable bonds is 5. The Morgan fingerprint density at radius 1 is 0.964 bits per heavy atom. The minimum absolute atomic E-state index is 0.187. The van der Waals surface area contributed by atoms with Gasteiger partial charge in [-0.3, -0.25) is 9.59 Å². The normalized spacial score (nSPS) is 11.6. The first-order valence-corrected chi connectivity index (χ1v) is 8.49. The molecule has 2 N–H and O–H groups in total. The number of anilines is 1. The lowest BCUT2D eigenvalue weighted by atomic mass is 9.96. The average Bonchev–Trinajstić information content (AvgIpc) is 2.60. The number of benzene rings is 2. The summed E-state index contributed by atoms with van der Waals surface area (Å²) in [7, 11) is 0. The maximum absolute atomic E-state index is 13.0. The van der Waals surface area contributed by atoms with E-state index in [4.69, 9.17) is 4.74 Å². The van der Waals surface area contributed by atoms with Crippen molar-refractivity contribution in [1.29, 1.82) is 0 Å². The van der Waals surface area contributed by atoms with Crippen molar-refractivity contribution in [3.05, 3.63) is 54.1 Å². The van der Waals surface area contributed by atoms with Gasteiger partial charge in [-0.15, -0.1) is 0 Å². The highest BCUT2D eigenvalue weighted by atomic mass is 19.4. The van der Waals surface area contributed by atoms with Crippen LogP contribution in [0.15, 0.2) is 48.5 Å². The van der Waals surface area contributed by atoms with Crippen LogP contribution in [0.4, 0.5) is 18.9 Å². The summed E-state index contributed by atoms with van der Waals surface area (Å²) < 4.78 is 44.3. The van der Waals surface area contributed by atoms with Gasteiger partial charge in [0.2, 0.25) is 11.8 Å². The average molecular weight is 394 g/mol. The molecule has 2 rings (SSSR count). The van der Waals surface area contributed by atoms with Crippen molar-refractivity contribution in [2.24, 2.45) is 5.41 Å². The van der Waals surface area contributed by atoms with Crippen molar-refractivity contribution >= 4 is 17.5 Å². The number of para-hydroxylation sites is 1. The highest BCUT2D eigenvalue weighted by Gasteiger charge is 2.34. The van der Waals surface area contributed by atoms with E-state index in [1.807, 2.05) is 0 Å². The number of amides is 2. The molecule has 2 amide bonds. The molecule has 0 spiro atoms. The number of hydrogen-bond donors (Lipinski definition) is 2. The Balaban J connectivity index is 1.97. The summed E-state index contributed by atoms with van der Waals surface area (Å²) in [5.74, 6) is -0.796. The van der Waals surface area contributed by atoms with Crippen molar-refractivity contribution in [2.75, 3.05) is 11.9 Å². The van der Waals surface area contributed by atoms with E-state index in [-0.39, 0.29) is 24.0 Å². The largest absolute Gasteiger partial charge is 0.457 e. The van der Waals surface area contributed by atoms with Gasteiger partial charge in [-0.2, -0.15) is 13.2 Å². The van der Waals surface area contributed by atoms with Crippen molar-refractivity contribution in [3.8, 4) is 11.5 Å². The van der Waals surface area contributed by atoms with E-state index in [2.05, 4.69) is 10.6 Å². The molecule has 0 aliphatic heterocycles. The monoisotopic (exact) mass is 394 g/mol. The number of carbonyl (C=O) groups is 2. The number of nitrogens with one attached hydrogen (secondary N) is 2. The predicted molar refractivity (Wildman–Crippen MR) is 99.1 cm³/mol. The van der Waals surface area contributed by atoms with Gasteiger partial charge in [0.25, 0.3) is 0 Å². The summed E-state index contributed by atoms with van der Waals surface area (Å²) in [5, 5.41) is 5.11. The number of ether oxygens (including phenoxy) is 1. The van der Waals surface area contributed by atoms with Crippen molar-refractivity contribution in [3.63, 3.8) is 0 Å². The molecule has 5 nitrogen and oxygen atoms in total. The van der Waals surface area contributed by atoms with Gasteiger partial charge in [0.05, 0.1) is 12.1 Å². The summed E-state index contributed by atoms with van der Waals surface area (Å²) in [4.78, 5) is 23.6. The minimum atomic E-state index is -4.53. The van der Waals surface area contributed by atoms with E-state index in [0.717, 1.165) is 6.07 Å². The molecule has 0 aromatic heterocycles. The van der Waals surface area contributed by atoms with Crippen LogP contribution in [0, 0.1) is 5.41 Å². The molecule has 0 aliphatic rings. The lowest BCUT2D eigenvalue weighted by molar-refractivity contribution is -0.138. The van der Waals surface area contributed by atoms with Crippen LogP contribution < -0.4 is 15.4 Å². The molecular weight excluding hydrogens is 373 g/mol. The van der Waals surface area contributed by atoms with Gasteiger partial charge in [0.1, 0.15) is 11.5 Å². The first-order chi connectivity index (χ1) is 13.0. The van der Waals surface area contributed by atoms with Crippen molar-refractivity contribution in [2.45, 2.75) is 26.9 Å². The Bertz CT molecular complexity index is 841. The van der Waals surface area contributed by atoms with Crippen molar-refractivity contribution in [1.82, 2.24) is 5.32 Å². The van der Waals surface area contributed by atoms with Gasteiger partial charge in [-0.25, -0.2) is 0 Å². The van der Waals surface area contributed by atoms with Gasteiger partial charge >= 0.3 is 6.18 Å². The second-order valence-corrected chi connectivity index (χ2v) is 7.10. The third-order valence-electron chi connectivity index (χ3n) is 3.65. The Morgan fingerprint density at radius 2 is 1.57 bits per heavy atom. The number of carbonyl (C=O) groups excluding carboxylic acids is 2. The zero-order valence-electron chi connectivity index (χ0n) is 15.7. The lowest BCUT2D eigenvalue weighted by Crippen LogP contribution is -2.39. The molecule has 0 saturated heterocycles. The third-order valence-corrected chi connectivity index (χ3v) is 3.65. The van der Waals surface area contributed by atoms with E-state index in [9.17, 15) is 22.8 Å². The Kier molecular flexibility index (Phi) is 6.33. The van der Waals surface area contributed by atoms with Crippen molar-refractivity contribution < 1.29 is 27.5 Å². The Morgan fingerprint density at radius 3 is 2.14 bits per heavy atom. The number of halogens is 3. The Labute approximate surface area is 160 Å². The molecule has 0 radical (unpaired) electrons. The molecule has 0 unspecified atom stereocenters. The molecule has 8 heteroatoms. The van der Waals surface area contributed by atoms with Crippen LogP contribution in [0.25, 0.3) is 0 Å². The summed E-state index contributed by atoms with van der Waals surface area (Å²) in [5.41, 5.74) is -1.06. The summed E-state index contributed by atoms with van der Waals surface area (Å²) in [6, 6.07) is 10.8. The first kappa shape index (κ1) is 21.3. The maximum Gasteiger partial charge on any atom is 0.419 e. The van der Waals surface area contributed by atoms with Crippen LogP contribution in [0.2, 0.25) is 0 Å². The fourth-order valence-electron chi connectivity index (χ4n) is 2.15. The highest BCUT2D eigenvalue weighted by Crippen LogP contribution is 2.37. The molecule has 0 saturated carbocycles. The molecule has 0 fully saturated rings. The van der Waals surface area contributed by atoms with Crippen LogP contribution in [-0.2, 0) is 15.8 Å². The maximum atomic E-state index is 13.0. The van der Waals surface area contributed by atoms with E-state index in [1.54, 1.807) is 20.8 Å². The van der Waals surface area contributed by atoms with Gasteiger partial charge in [0, 0.05) is 11.1 Å². The topological polar surface area (TPSA) is 67.4 Å². The molecular formula is C20H21F3N2O3. The van der Waals surface area contributed by atoms with E-state index < -0.39 is 23.1 Å². The second kappa shape index (κ2) is 8.33. The van der Waals surface area contributed by atoms with E-state index in [1.165, 1.54) is 42.5 Å². The third kappa shape index (κ3) is 6.00. The van der Waals surface area contributed by atoms with Gasteiger partial charge in [-0.05, 0) is 36.4 Å². The lowest BCUT2D eigenvalue weighted by Gasteiger charge is -2.17. The van der Waals surface area contributed by atoms with Crippen LogP contribution in [0.5, 0.6) is 11.5 Å². The molecule has 0 heterocycles. The van der Waals surface area contributed by atoms with Crippen LogP contribution in [0.3, 0.4) is 0 Å². The quantitative estimate of drug-likeness (QED) is 0.779. The van der Waals surface area contributed by atoms with Crippen LogP contribution in [-0.4, -0.2) is 18.4 Å². The van der Waals surface area contributed by atoms with E-state index in [0.29, 0.717) is 5.69 Å². The summed E-state index contributed by atoms with van der Waals surface area (Å²) in [6.45, 7) is 5.01. The highest BCUT2D eigenvalue weighted by molar-refractivity contribution is 5.95. The fourth-order valence-corrected chi connectivity index (χ4v) is 2.15. The molecule has 28 heavy (non-hydrogen) atoms. The van der Waals surface area contributed by atoms with Gasteiger partial charge in [0.15, 0.2) is 0 Å². The summed E-state index contributed by atoms with van der Waals surface area (Å²) >= 11 is 0. The van der Waals surface area contributed by atoms with Gasteiger partial charge < -0.3 is 15.4 Å². The van der Waals surface area contributed by atoms with E-state index >= 15 is 0 Å². The molecule has 0 bridgehead atoms. The van der Waals surface area contributed by atoms with Gasteiger partial charge in [-0.1, -0.05) is 32.9 Å². The molecule has 2 aromatic rings. The summed E-state index contributed by atoms with van der Waals surface area (Å²) in [6.07, 6.45) is -4.53. The standard InChI is InChI=1S/C20H21F3N2O3/c1-19(2,3)18(27)24-12-17(26)25-13-8-10-14(11-9-13)28-16-7-5-4-6-15(16)20(21,22)23/h4-11H,12H2,1-3H3,(H,24,27)(H,25,26). The second-order valence-electron chi connectivity index (χ2n) is 7.10. The zero-order valence-corrected chi connectivity index (χ0v) is 15.7.